The zero-order valence-corrected chi connectivity index (χ0v) is 12.9. The molecule has 0 aliphatic heterocycles. The van der Waals surface area contributed by atoms with Crippen molar-refractivity contribution < 1.29 is 14.2 Å². The van der Waals surface area contributed by atoms with Crippen LogP contribution in [0, 0.1) is 5.82 Å². The second kappa shape index (κ2) is 6.16. The van der Waals surface area contributed by atoms with E-state index in [1.807, 2.05) is 0 Å². The second-order valence-electron chi connectivity index (χ2n) is 5.45. The monoisotopic (exact) mass is 306 g/mol. The van der Waals surface area contributed by atoms with Gasteiger partial charge in [-0.3, -0.25) is 0 Å². The molecule has 0 spiro atoms. The minimum Gasteiger partial charge on any atom is -0.497 e. The Balaban J connectivity index is 1.90. The molecule has 0 fully saturated rings. The molecular formula is C17H19FO2S. The number of ether oxygens (including phenoxy) is 1. The summed E-state index contributed by atoms with van der Waals surface area (Å²) < 4.78 is 19.1. The van der Waals surface area contributed by atoms with Crippen LogP contribution in [-0.4, -0.2) is 12.2 Å². The summed E-state index contributed by atoms with van der Waals surface area (Å²) in [5.41, 5.74) is 1.65. The maximum Gasteiger partial charge on any atom is 0.133 e. The molecule has 1 aliphatic rings. The molecule has 1 aromatic heterocycles. The normalized spacial score (nSPS) is 16.1. The van der Waals surface area contributed by atoms with E-state index in [0.717, 1.165) is 17.7 Å². The number of thiophene rings is 1. The molecule has 4 heteroatoms. The summed E-state index contributed by atoms with van der Waals surface area (Å²) in [5.74, 6) is 0.0378. The molecule has 0 radical (unpaired) electrons. The third-order valence-corrected chi connectivity index (χ3v) is 5.33. The lowest BCUT2D eigenvalue weighted by molar-refractivity contribution is 0.218. The smallest absolute Gasteiger partial charge is 0.133 e. The van der Waals surface area contributed by atoms with Crippen LogP contribution in [-0.2, 0) is 12.8 Å². The average molecular weight is 306 g/mol. The van der Waals surface area contributed by atoms with Crippen LogP contribution < -0.4 is 4.74 Å². The van der Waals surface area contributed by atoms with E-state index in [1.54, 1.807) is 23.5 Å². The highest BCUT2D eigenvalue weighted by molar-refractivity contribution is 7.12. The van der Waals surface area contributed by atoms with Gasteiger partial charge < -0.3 is 9.84 Å². The maximum absolute atomic E-state index is 14.1. The number of halogens is 1. The van der Waals surface area contributed by atoms with Crippen molar-refractivity contribution in [2.45, 2.75) is 38.2 Å². The van der Waals surface area contributed by atoms with E-state index >= 15 is 0 Å². The summed E-state index contributed by atoms with van der Waals surface area (Å²) in [6.45, 7) is 0. The Morgan fingerprint density at radius 3 is 2.76 bits per heavy atom. The molecule has 21 heavy (non-hydrogen) atoms. The molecule has 1 aliphatic carbocycles. The van der Waals surface area contributed by atoms with Crippen LogP contribution in [0.2, 0.25) is 0 Å². The zero-order chi connectivity index (χ0) is 14.8. The van der Waals surface area contributed by atoms with Gasteiger partial charge in [0.15, 0.2) is 0 Å². The molecule has 1 N–H and O–H groups in total. The molecule has 0 amide bonds. The number of benzene rings is 1. The van der Waals surface area contributed by atoms with Crippen LogP contribution in [0.3, 0.4) is 0 Å². The molecule has 0 bridgehead atoms. The van der Waals surface area contributed by atoms with Gasteiger partial charge >= 0.3 is 0 Å². The first kappa shape index (κ1) is 14.5. The van der Waals surface area contributed by atoms with Crippen molar-refractivity contribution in [3.05, 3.63) is 51.0 Å². The molecule has 0 saturated carbocycles. The number of fused-ring (bicyclic) bond motifs is 1. The molecule has 1 aromatic carbocycles. The van der Waals surface area contributed by atoms with E-state index in [9.17, 15) is 9.50 Å². The van der Waals surface area contributed by atoms with Gasteiger partial charge in [0.05, 0.1) is 7.11 Å². The van der Waals surface area contributed by atoms with Gasteiger partial charge in [0.25, 0.3) is 0 Å². The number of rotatable bonds is 3. The van der Waals surface area contributed by atoms with Crippen LogP contribution in [0.4, 0.5) is 4.39 Å². The Hall–Kier alpha value is -1.39. The highest BCUT2D eigenvalue weighted by atomic mass is 32.1. The first-order valence-electron chi connectivity index (χ1n) is 7.32. The predicted octanol–water partition coefficient (Wildman–Crippen LogP) is 4.25. The number of aliphatic hydroxyl groups excluding tert-OH is 1. The Morgan fingerprint density at radius 2 is 2.00 bits per heavy atom. The van der Waals surface area contributed by atoms with Crippen molar-refractivity contribution in [1.29, 1.82) is 0 Å². The summed E-state index contributed by atoms with van der Waals surface area (Å²) in [4.78, 5) is 2.20. The van der Waals surface area contributed by atoms with Crippen LogP contribution in [0.25, 0.3) is 0 Å². The average Bonchev–Trinajstić information content (AvgIpc) is 2.77. The minimum atomic E-state index is -0.896. The van der Waals surface area contributed by atoms with Crippen molar-refractivity contribution in [3.63, 3.8) is 0 Å². The zero-order valence-electron chi connectivity index (χ0n) is 12.1. The van der Waals surface area contributed by atoms with E-state index in [2.05, 4.69) is 6.07 Å². The number of aliphatic hydroxyl groups is 1. The Labute approximate surface area is 128 Å². The molecule has 2 aromatic rings. The minimum absolute atomic E-state index is 0.312. The van der Waals surface area contributed by atoms with Gasteiger partial charge in [-0.2, -0.15) is 0 Å². The van der Waals surface area contributed by atoms with E-state index in [0.29, 0.717) is 11.3 Å². The standard InChI is InChI=1S/C17H19FO2S/c1-20-12-7-8-13(14(18)10-12)17(19)16-9-11-5-3-2-4-6-15(11)21-16/h7-10,17,19H,2-6H2,1H3. The first-order valence-corrected chi connectivity index (χ1v) is 8.13. The number of hydrogen-bond acceptors (Lipinski definition) is 3. The molecule has 2 nitrogen and oxygen atoms in total. The van der Waals surface area contributed by atoms with E-state index in [1.165, 1.54) is 42.9 Å². The highest BCUT2D eigenvalue weighted by Gasteiger charge is 2.20. The Kier molecular flexibility index (Phi) is 4.27. The summed E-state index contributed by atoms with van der Waals surface area (Å²) in [5, 5.41) is 10.5. The van der Waals surface area contributed by atoms with Gasteiger partial charge in [-0.15, -0.1) is 11.3 Å². The SMILES string of the molecule is COc1ccc(C(O)c2cc3c(s2)CCCCC3)c(F)c1. The summed E-state index contributed by atoms with van der Waals surface area (Å²) in [7, 11) is 1.50. The van der Waals surface area contributed by atoms with Gasteiger partial charge in [-0.25, -0.2) is 4.39 Å². The fraction of sp³-hybridized carbons (Fsp3) is 0.412. The van der Waals surface area contributed by atoms with Crippen molar-refractivity contribution >= 4 is 11.3 Å². The molecule has 3 rings (SSSR count). The van der Waals surface area contributed by atoms with E-state index in [4.69, 9.17) is 4.74 Å². The third kappa shape index (κ3) is 2.97. The first-order chi connectivity index (χ1) is 10.2. The summed E-state index contributed by atoms with van der Waals surface area (Å²) in [6, 6.07) is 6.65. The lowest BCUT2D eigenvalue weighted by atomic mass is 10.1. The topological polar surface area (TPSA) is 29.5 Å². The van der Waals surface area contributed by atoms with Gasteiger partial charge in [-0.1, -0.05) is 6.42 Å². The fourth-order valence-electron chi connectivity index (χ4n) is 2.84. The van der Waals surface area contributed by atoms with Crippen molar-refractivity contribution in [1.82, 2.24) is 0 Å². The number of methoxy groups -OCH3 is 1. The highest BCUT2D eigenvalue weighted by Crippen LogP contribution is 2.36. The largest absolute Gasteiger partial charge is 0.497 e. The Bertz CT molecular complexity index is 612. The summed E-state index contributed by atoms with van der Waals surface area (Å²) in [6.07, 6.45) is 4.94. The number of aryl methyl sites for hydroxylation is 2. The molecule has 1 heterocycles. The maximum atomic E-state index is 14.1. The van der Waals surface area contributed by atoms with Crippen molar-refractivity contribution in [2.24, 2.45) is 0 Å². The lowest BCUT2D eigenvalue weighted by Crippen LogP contribution is -2.01. The molecular weight excluding hydrogens is 287 g/mol. The van der Waals surface area contributed by atoms with Crippen LogP contribution >= 0.6 is 11.3 Å². The molecule has 1 atom stereocenters. The van der Waals surface area contributed by atoms with Crippen LogP contribution in [0.1, 0.15) is 46.2 Å². The van der Waals surface area contributed by atoms with E-state index in [-0.39, 0.29) is 0 Å². The fourth-order valence-corrected chi connectivity index (χ4v) is 4.10. The van der Waals surface area contributed by atoms with Crippen LogP contribution in [0.5, 0.6) is 5.75 Å². The third-order valence-electron chi connectivity index (χ3n) is 4.04. The van der Waals surface area contributed by atoms with Gasteiger partial charge in [0.1, 0.15) is 17.7 Å². The van der Waals surface area contributed by atoms with Gasteiger partial charge in [-0.05, 0) is 49.4 Å². The molecule has 0 saturated heterocycles. The summed E-state index contributed by atoms with van der Waals surface area (Å²) >= 11 is 1.62. The lowest BCUT2D eigenvalue weighted by Gasteiger charge is -2.11. The Morgan fingerprint density at radius 1 is 1.19 bits per heavy atom. The van der Waals surface area contributed by atoms with Gasteiger partial charge in [0, 0.05) is 21.4 Å². The van der Waals surface area contributed by atoms with Crippen LogP contribution in [0.15, 0.2) is 24.3 Å². The predicted molar refractivity (Wildman–Crippen MR) is 82.6 cm³/mol. The van der Waals surface area contributed by atoms with Crippen molar-refractivity contribution in [3.8, 4) is 5.75 Å². The van der Waals surface area contributed by atoms with E-state index < -0.39 is 11.9 Å². The molecule has 112 valence electrons. The second-order valence-corrected chi connectivity index (χ2v) is 6.62. The number of hydrogen-bond donors (Lipinski definition) is 1. The van der Waals surface area contributed by atoms with Gasteiger partial charge in [0.2, 0.25) is 0 Å². The molecule has 1 unspecified atom stereocenters. The van der Waals surface area contributed by atoms with Crippen molar-refractivity contribution in [2.75, 3.05) is 7.11 Å². The quantitative estimate of drug-likeness (QED) is 0.859.